The SMILES string of the molecule is CCCNOC(=O)CNC. The number of likely N-dealkylation sites (N-methyl/N-ethyl adjacent to an activating group) is 1. The van der Waals surface area contributed by atoms with Crippen LogP contribution < -0.4 is 10.8 Å². The molecule has 0 heterocycles. The zero-order chi connectivity index (χ0) is 7.82. The maximum absolute atomic E-state index is 10.6. The van der Waals surface area contributed by atoms with Gasteiger partial charge in [0.25, 0.3) is 0 Å². The third-order valence-electron chi connectivity index (χ3n) is 0.859. The minimum Gasteiger partial charge on any atom is -0.369 e. The molecule has 0 saturated carbocycles. The summed E-state index contributed by atoms with van der Waals surface area (Å²) in [6.07, 6.45) is 0.951. The van der Waals surface area contributed by atoms with Crippen LogP contribution in [0.4, 0.5) is 0 Å². The highest BCUT2D eigenvalue weighted by Crippen LogP contribution is 1.72. The fourth-order valence-electron chi connectivity index (χ4n) is 0.414. The Bertz CT molecular complexity index is 95.7. The largest absolute Gasteiger partial charge is 0.369 e. The van der Waals surface area contributed by atoms with Crippen molar-refractivity contribution in [2.45, 2.75) is 13.3 Å². The molecule has 0 spiro atoms. The van der Waals surface area contributed by atoms with Crippen LogP contribution >= 0.6 is 0 Å². The highest BCUT2D eigenvalue weighted by molar-refractivity contribution is 5.71. The van der Waals surface area contributed by atoms with Crippen LogP contribution in [0.15, 0.2) is 0 Å². The molecule has 0 bridgehead atoms. The van der Waals surface area contributed by atoms with Crippen LogP contribution in [-0.2, 0) is 9.63 Å². The molecular weight excluding hydrogens is 132 g/mol. The molecule has 4 nitrogen and oxygen atoms in total. The van der Waals surface area contributed by atoms with Gasteiger partial charge in [-0.15, -0.1) is 0 Å². The second kappa shape index (κ2) is 6.51. The van der Waals surface area contributed by atoms with Crippen molar-refractivity contribution in [1.29, 1.82) is 0 Å². The molecule has 0 amide bonds. The lowest BCUT2D eigenvalue weighted by Crippen LogP contribution is -2.27. The number of carbonyl (C=O) groups is 1. The lowest BCUT2D eigenvalue weighted by molar-refractivity contribution is -0.149. The molecule has 0 atom stereocenters. The van der Waals surface area contributed by atoms with E-state index in [2.05, 4.69) is 15.6 Å². The molecule has 0 unspecified atom stereocenters. The van der Waals surface area contributed by atoms with Gasteiger partial charge in [0.15, 0.2) is 0 Å². The van der Waals surface area contributed by atoms with Gasteiger partial charge in [-0.05, 0) is 13.5 Å². The first-order valence-corrected chi connectivity index (χ1v) is 3.38. The van der Waals surface area contributed by atoms with E-state index in [1.807, 2.05) is 6.92 Å². The number of carbonyl (C=O) groups excluding carboxylic acids is 1. The van der Waals surface area contributed by atoms with E-state index in [1.54, 1.807) is 7.05 Å². The van der Waals surface area contributed by atoms with Crippen molar-refractivity contribution in [3.05, 3.63) is 0 Å². The highest BCUT2D eigenvalue weighted by Gasteiger charge is 1.97. The average Bonchev–Trinajstić information content (AvgIpc) is 1.89. The number of hydroxylamine groups is 1. The molecule has 10 heavy (non-hydrogen) atoms. The third-order valence-corrected chi connectivity index (χ3v) is 0.859. The van der Waals surface area contributed by atoms with E-state index in [1.165, 1.54) is 0 Å². The molecule has 0 fully saturated rings. The van der Waals surface area contributed by atoms with Crippen LogP contribution in [0, 0.1) is 0 Å². The summed E-state index contributed by atoms with van der Waals surface area (Å²) in [4.78, 5) is 15.1. The Hall–Kier alpha value is -0.610. The zero-order valence-electron chi connectivity index (χ0n) is 6.44. The van der Waals surface area contributed by atoms with Gasteiger partial charge in [-0.1, -0.05) is 6.92 Å². The van der Waals surface area contributed by atoms with Crippen molar-refractivity contribution in [1.82, 2.24) is 10.8 Å². The van der Waals surface area contributed by atoms with Crippen LogP contribution in [0.3, 0.4) is 0 Å². The maximum atomic E-state index is 10.6. The van der Waals surface area contributed by atoms with E-state index < -0.39 is 0 Å². The van der Waals surface area contributed by atoms with Crippen molar-refractivity contribution < 1.29 is 9.63 Å². The molecule has 0 radical (unpaired) electrons. The molecule has 2 N–H and O–H groups in total. The van der Waals surface area contributed by atoms with Gasteiger partial charge in [0.2, 0.25) is 0 Å². The Labute approximate surface area is 60.9 Å². The standard InChI is InChI=1S/C6H14N2O2/c1-3-4-8-10-6(9)5-7-2/h7-8H,3-5H2,1-2H3. The van der Waals surface area contributed by atoms with Crippen LogP contribution in [0.1, 0.15) is 13.3 Å². The second-order valence-corrected chi connectivity index (χ2v) is 1.90. The van der Waals surface area contributed by atoms with Crippen LogP contribution in [0.5, 0.6) is 0 Å². The maximum Gasteiger partial charge on any atom is 0.338 e. The summed E-state index contributed by atoms with van der Waals surface area (Å²) >= 11 is 0. The molecule has 0 aromatic heterocycles. The Balaban J connectivity index is 3.05. The van der Waals surface area contributed by atoms with Crippen LogP contribution in [-0.4, -0.2) is 26.1 Å². The number of hydrogen-bond donors (Lipinski definition) is 2. The van der Waals surface area contributed by atoms with Gasteiger partial charge in [0.05, 0.1) is 6.54 Å². The molecular formula is C6H14N2O2. The first-order valence-electron chi connectivity index (χ1n) is 3.38. The highest BCUT2D eigenvalue weighted by atomic mass is 16.7. The van der Waals surface area contributed by atoms with Gasteiger partial charge in [-0.25, -0.2) is 4.79 Å². The summed E-state index contributed by atoms with van der Waals surface area (Å²) in [5, 5.41) is 2.68. The van der Waals surface area contributed by atoms with E-state index in [-0.39, 0.29) is 12.5 Å². The summed E-state index contributed by atoms with van der Waals surface area (Å²) in [5.41, 5.74) is 2.53. The van der Waals surface area contributed by atoms with Crippen LogP contribution in [0.25, 0.3) is 0 Å². The first-order chi connectivity index (χ1) is 4.81. The fraction of sp³-hybridized carbons (Fsp3) is 0.833. The molecule has 60 valence electrons. The summed E-state index contributed by atoms with van der Waals surface area (Å²) < 4.78 is 0. The second-order valence-electron chi connectivity index (χ2n) is 1.90. The lowest BCUT2D eigenvalue weighted by Gasteiger charge is -2.02. The van der Waals surface area contributed by atoms with Crippen molar-refractivity contribution in [3.8, 4) is 0 Å². The molecule has 0 saturated heterocycles. The molecule has 0 aromatic rings. The Morgan fingerprint density at radius 2 is 2.30 bits per heavy atom. The smallest absolute Gasteiger partial charge is 0.338 e. The number of hydrogen-bond acceptors (Lipinski definition) is 4. The quantitative estimate of drug-likeness (QED) is 0.411. The summed E-state index contributed by atoms with van der Waals surface area (Å²) in [6, 6.07) is 0. The molecule has 0 aromatic carbocycles. The van der Waals surface area contributed by atoms with Gasteiger partial charge >= 0.3 is 5.97 Å². The van der Waals surface area contributed by atoms with E-state index in [4.69, 9.17) is 0 Å². The topological polar surface area (TPSA) is 50.4 Å². The number of rotatable bonds is 5. The average molecular weight is 146 g/mol. The van der Waals surface area contributed by atoms with Gasteiger partial charge in [-0.3, -0.25) is 0 Å². The minimum absolute atomic E-state index is 0.247. The van der Waals surface area contributed by atoms with Gasteiger partial charge in [0, 0.05) is 6.54 Å². The zero-order valence-corrected chi connectivity index (χ0v) is 6.44. The predicted octanol–water partition coefficient (Wildman–Crippen LogP) is -0.336. The molecule has 0 aliphatic carbocycles. The van der Waals surface area contributed by atoms with Crippen molar-refractivity contribution in [2.75, 3.05) is 20.1 Å². The fourth-order valence-corrected chi connectivity index (χ4v) is 0.414. The third kappa shape index (κ3) is 5.53. The van der Waals surface area contributed by atoms with Crippen molar-refractivity contribution in [2.24, 2.45) is 0 Å². The first kappa shape index (κ1) is 9.39. The summed E-state index contributed by atoms with van der Waals surface area (Å²) in [5.74, 6) is -0.282. The minimum atomic E-state index is -0.282. The van der Waals surface area contributed by atoms with Gasteiger partial charge in [0.1, 0.15) is 0 Å². The van der Waals surface area contributed by atoms with E-state index >= 15 is 0 Å². The predicted molar refractivity (Wildman–Crippen MR) is 38.3 cm³/mol. The molecule has 0 rings (SSSR count). The molecule has 0 aliphatic heterocycles. The van der Waals surface area contributed by atoms with E-state index in [0.29, 0.717) is 6.54 Å². The van der Waals surface area contributed by atoms with E-state index in [9.17, 15) is 4.79 Å². The lowest BCUT2D eigenvalue weighted by atomic mass is 10.5. The van der Waals surface area contributed by atoms with Gasteiger partial charge in [-0.2, -0.15) is 5.48 Å². The number of nitrogens with one attached hydrogen (secondary N) is 2. The Morgan fingerprint density at radius 1 is 1.60 bits per heavy atom. The molecule has 4 heteroatoms. The van der Waals surface area contributed by atoms with Gasteiger partial charge < -0.3 is 10.2 Å². The van der Waals surface area contributed by atoms with Crippen LogP contribution in [0.2, 0.25) is 0 Å². The normalized spacial score (nSPS) is 9.40. The van der Waals surface area contributed by atoms with E-state index in [0.717, 1.165) is 6.42 Å². The Morgan fingerprint density at radius 3 is 2.80 bits per heavy atom. The monoisotopic (exact) mass is 146 g/mol. The summed E-state index contributed by atoms with van der Waals surface area (Å²) in [7, 11) is 1.70. The van der Waals surface area contributed by atoms with Crippen molar-refractivity contribution in [3.63, 3.8) is 0 Å². The summed E-state index contributed by atoms with van der Waals surface area (Å²) in [6.45, 7) is 2.95. The Kier molecular flexibility index (Phi) is 6.11. The van der Waals surface area contributed by atoms with Crippen molar-refractivity contribution >= 4 is 5.97 Å². The molecule has 0 aliphatic rings.